The van der Waals surface area contributed by atoms with Crippen LogP contribution in [-0.4, -0.2) is 40.8 Å². The summed E-state index contributed by atoms with van der Waals surface area (Å²) in [5.41, 5.74) is 2.25. The standard InChI is InChI=1S/C19H20ClN5O3S/c1-11-4-5-12(20)8-15(11)22-17(26)10-29-19-24-23-18(25(19)21)14-7-6-13(27-2)9-16(14)28-3/h4-9H,10,21H2,1-3H3,(H,22,26). The molecule has 0 spiro atoms. The molecule has 0 saturated carbocycles. The Kier molecular flexibility index (Phi) is 6.50. The summed E-state index contributed by atoms with van der Waals surface area (Å²) in [7, 11) is 3.12. The predicted molar refractivity (Wildman–Crippen MR) is 114 cm³/mol. The Bertz CT molecular complexity index is 1040. The number of rotatable bonds is 7. The number of halogens is 1. The van der Waals surface area contributed by atoms with Gasteiger partial charge in [0.2, 0.25) is 11.1 Å². The van der Waals surface area contributed by atoms with E-state index in [1.807, 2.05) is 13.0 Å². The molecule has 152 valence electrons. The van der Waals surface area contributed by atoms with Crippen LogP contribution >= 0.6 is 23.4 Å². The number of thioether (sulfide) groups is 1. The maximum Gasteiger partial charge on any atom is 0.234 e. The number of nitrogens with zero attached hydrogens (tertiary/aromatic N) is 3. The molecular weight excluding hydrogens is 414 g/mol. The SMILES string of the molecule is COc1ccc(-c2nnc(SCC(=O)Nc3cc(Cl)ccc3C)n2N)c(OC)c1. The molecule has 0 aliphatic rings. The number of nitrogens with two attached hydrogens (primary N) is 1. The summed E-state index contributed by atoms with van der Waals surface area (Å²) >= 11 is 7.16. The Labute approximate surface area is 177 Å². The number of hydrogen-bond acceptors (Lipinski definition) is 7. The van der Waals surface area contributed by atoms with Crippen molar-refractivity contribution in [2.75, 3.05) is 31.1 Å². The highest BCUT2D eigenvalue weighted by molar-refractivity contribution is 7.99. The molecule has 2 aromatic carbocycles. The zero-order valence-corrected chi connectivity index (χ0v) is 17.7. The normalized spacial score (nSPS) is 10.6. The summed E-state index contributed by atoms with van der Waals surface area (Å²) < 4.78 is 11.9. The third kappa shape index (κ3) is 4.75. The van der Waals surface area contributed by atoms with Crippen molar-refractivity contribution in [1.29, 1.82) is 0 Å². The van der Waals surface area contributed by atoms with Crippen LogP contribution in [0.25, 0.3) is 11.4 Å². The van der Waals surface area contributed by atoms with E-state index in [0.29, 0.717) is 38.8 Å². The van der Waals surface area contributed by atoms with Crippen LogP contribution in [0.1, 0.15) is 5.56 Å². The van der Waals surface area contributed by atoms with Crippen LogP contribution < -0.4 is 20.6 Å². The molecular formula is C19H20ClN5O3S. The molecule has 8 nitrogen and oxygen atoms in total. The highest BCUT2D eigenvalue weighted by Gasteiger charge is 2.18. The van der Waals surface area contributed by atoms with Gasteiger partial charge in [-0.1, -0.05) is 29.4 Å². The number of methoxy groups -OCH3 is 2. The van der Waals surface area contributed by atoms with Crippen molar-refractivity contribution < 1.29 is 14.3 Å². The molecule has 0 atom stereocenters. The van der Waals surface area contributed by atoms with Gasteiger partial charge in [-0.3, -0.25) is 4.79 Å². The highest BCUT2D eigenvalue weighted by atomic mass is 35.5. The van der Waals surface area contributed by atoms with Crippen LogP contribution in [0.2, 0.25) is 5.02 Å². The van der Waals surface area contributed by atoms with E-state index in [-0.39, 0.29) is 11.7 Å². The number of carbonyl (C=O) groups is 1. The van der Waals surface area contributed by atoms with Crippen molar-refractivity contribution in [1.82, 2.24) is 14.9 Å². The molecule has 0 fully saturated rings. The van der Waals surface area contributed by atoms with Crippen LogP contribution in [0.3, 0.4) is 0 Å². The number of nitrogens with one attached hydrogen (secondary N) is 1. The van der Waals surface area contributed by atoms with Gasteiger partial charge in [-0.05, 0) is 36.8 Å². The lowest BCUT2D eigenvalue weighted by molar-refractivity contribution is -0.113. The molecule has 0 aliphatic heterocycles. The van der Waals surface area contributed by atoms with Gasteiger partial charge in [-0.15, -0.1) is 10.2 Å². The van der Waals surface area contributed by atoms with Crippen molar-refractivity contribution in [2.45, 2.75) is 12.1 Å². The maximum atomic E-state index is 12.3. The Balaban J connectivity index is 1.72. The number of anilines is 1. The number of amides is 1. The van der Waals surface area contributed by atoms with Gasteiger partial charge in [0.05, 0.1) is 25.5 Å². The van der Waals surface area contributed by atoms with Crippen molar-refractivity contribution in [3.63, 3.8) is 0 Å². The largest absolute Gasteiger partial charge is 0.497 e. The van der Waals surface area contributed by atoms with Crippen molar-refractivity contribution in [3.8, 4) is 22.9 Å². The second-order valence-corrected chi connectivity index (χ2v) is 7.42. The lowest BCUT2D eigenvalue weighted by atomic mass is 10.2. The monoisotopic (exact) mass is 433 g/mol. The van der Waals surface area contributed by atoms with E-state index in [1.165, 1.54) is 16.4 Å². The van der Waals surface area contributed by atoms with Gasteiger partial charge in [0, 0.05) is 16.8 Å². The topological polar surface area (TPSA) is 104 Å². The molecule has 0 saturated heterocycles. The second kappa shape index (κ2) is 9.06. The van der Waals surface area contributed by atoms with Gasteiger partial charge < -0.3 is 20.6 Å². The first-order valence-electron chi connectivity index (χ1n) is 8.54. The number of aromatic nitrogens is 3. The zero-order chi connectivity index (χ0) is 21.0. The quantitative estimate of drug-likeness (QED) is 0.434. The van der Waals surface area contributed by atoms with Crippen molar-refractivity contribution in [3.05, 3.63) is 47.0 Å². The smallest absolute Gasteiger partial charge is 0.234 e. The fourth-order valence-corrected chi connectivity index (χ4v) is 3.42. The van der Waals surface area contributed by atoms with Crippen LogP contribution in [0.5, 0.6) is 11.5 Å². The fourth-order valence-electron chi connectivity index (χ4n) is 2.59. The van der Waals surface area contributed by atoms with Crippen LogP contribution in [0.15, 0.2) is 41.6 Å². The Hall–Kier alpha value is -2.91. The van der Waals surface area contributed by atoms with Gasteiger partial charge in [0.1, 0.15) is 11.5 Å². The average molecular weight is 434 g/mol. The number of nitrogen functional groups attached to an aromatic ring is 1. The molecule has 0 unspecified atom stereocenters. The third-order valence-corrected chi connectivity index (χ3v) is 5.30. The Morgan fingerprint density at radius 3 is 2.72 bits per heavy atom. The molecule has 0 aliphatic carbocycles. The van der Waals surface area contributed by atoms with E-state index in [1.54, 1.807) is 44.6 Å². The molecule has 1 heterocycles. The fraction of sp³-hybridized carbons (Fsp3) is 0.211. The van der Waals surface area contributed by atoms with Crippen LogP contribution in [0.4, 0.5) is 5.69 Å². The number of hydrogen-bond donors (Lipinski definition) is 2. The molecule has 3 N–H and O–H groups in total. The summed E-state index contributed by atoms with van der Waals surface area (Å²) in [6, 6.07) is 10.6. The minimum Gasteiger partial charge on any atom is -0.497 e. The van der Waals surface area contributed by atoms with Crippen LogP contribution in [-0.2, 0) is 4.79 Å². The average Bonchev–Trinajstić information content (AvgIpc) is 3.08. The van der Waals surface area contributed by atoms with Crippen molar-refractivity contribution in [2.24, 2.45) is 0 Å². The molecule has 10 heteroatoms. The Morgan fingerprint density at radius 2 is 2.00 bits per heavy atom. The summed E-state index contributed by atoms with van der Waals surface area (Å²) in [5, 5.41) is 12.0. The van der Waals surface area contributed by atoms with Crippen LogP contribution in [0, 0.1) is 6.92 Å². The van der Waals surface area contributed by atoms with E-state index >= 15 is 0 Å². The molecule has 3 aromatic rings. The lowest BCUT2D eigenvalue weighted by Crippen LogP contribution is -2.17. The highest BCUT2D eigenvalue weighted by Crippen LogP contribution is 2.33. The van der Waals surface area contributed by atoms with Crippen molar-refractivity contribution >= 4 is 35.0 Å². The zero-order valence-electron chi connectivity index (χ0n) is 16.1. The van der Waals surface area contributed by atoms with Gasteiger partial charge in [0.15, 0.2) is 5.82 Å². The van der Waals surface area contributed by atoms with Gasteiger partial charge >= 0.3 is 0 Å². The minimum absolute atomic E-state index is 0.112. The number of carbonyl (C=O) groups excluding carboxylic acids is 1. The maximum absolute atomic E-state index is 12.3. The molecule has 0 bridgehead atoms. The predicted octanol–water partition coefficient (Wildman–Crippen LogP) is 3.37. The van der Waals surface area contributed by atoms with Gasteiger partial charge in [-0.2, -0.15) is 0 Å². The van der Waals surface area contributed by atoms with E-state index in [9.17, 15) is 4.79 Å². The molecule has 1 amide bonds. The first kappa shape index (κ1) is 20.8. The third-order valence-electron chi connectivity index (χ3n) is 4.12. The number of benzene rings is 2. The molecule has 0 radical (unpaired) electrons. The summed E-state index contributed by atoms with van der Waals surface area (Å²) in [4.78, 5) is 12.3. The van der Waals surface area contributed by atoms with E-state index < -0.39 is 0 Å². The summed E-state index contributed by atoms with van der Waals surface area (Å²) in [5.74, 6) is 7.67. The summed E-state index contributed by atoms with van der Waals surface area (Å²) in [6.45, 7) is 1.89. The van der Waals surface area contributed by atoms with Gasteiger partial charge in [-0.25, -0.2) is 4.68 Å². The molecule has 29 heavy (non-hydrogen) atoms. The van der Waals surface area contributed by atoms with E-state index in [0.717, 1.165) is 5.56 Å². The van der Waals surface area contributed by atoms with Gasteiger partial charge in [0.25, 0.3) is 0 Å². The summed E-state index contributed by atoms with van der Waals surface area (Å²) in [6.07, 6.45) is 0. The van der Waals surface area contributed by atoms with E-state index in [4.69, 9.17) is 26.9 Å². The first-order chi connectivity index (χ1) is 13.9. The van der Waals surface area contributed by atoms with E-state index in [2.05, 4.69) is 15.5 Å². The minimum atomic E-state index is -0.202. The Morgan fingerprint density at radius 1 is 1.21 bits per heavy atom. The molecule has 1 aromatic heterocycles. The first-order valence-corrected chi connectivity index (χ1v) is 9.91. The second-order valence-electron chi connectivity index (χ2n) is 6.04. The lowest BCUT2D eigenvalue weighted by Gasteiger charge is -2.10. The number of ether oxygens (including phenoxy) is 2. The number of aryl methyl sites for hydroxylation is 1. The molecule has 3 rings (SSSR count).